The van der Waals surface area contributed by atoms with E-state index in [0.29, 0.717) is 12.4 Å². The topological polar surface area (TPSA) is 38.3 Å². The van der Waals surface area contributed by atoms with Gasteiger partial charge in [0.05, 0.1) is 19.3 Å². The average Bonchev–Trinajstić information content (AvgIpc) is 2.21. The van der Waals surface area contributed by atoms with E-state index in [0.717, 1.165) is 26.0 Å². The standard InChI is InChI=1S/C10H19NO2/c1-3-8(4-2)10(12)9-7-13-6-5-11-9/h8-9,11H,3-7H2,1-2H3. The second kappa shape index (κ2) is 5.35. The number of rotatable bonds is 4. The van der Waals surface area contributed by atoms with Crippen molar-refractivity contribution in [2.24, 2.45) is 5.92 Å². The van der Waals surface area contributed by atoms with E-state index in [1.807, 2.05) is 0 Å². The molecule has 0 saturated carbocycles. The number of hydrogen-bond donors (Lipinski definition) is 1. The summed E-state index contributed by atoms with van der Waals surface area (Å²) in [4.78, 5) is 11.8. The normalized spacial score (nSPS) is 23.5. The lowest BCUT2D eigenvalue weighted by Crippen LogP contribution is -2.48. The van der Waals surface area contributed by atoms with Gasteiger partial charge in [0.15, 0.2) is 5.78 Å². The maximum absolute atomic E-state index is 11.8. The van der Waals surface area contributed by atoms with Gasteiger partial charge in [-0.3, -0.25) is 4.79 Å². The molecule has 1 heterocycles. The van der Waals surface area contributed by atoms with Crippen LogP contribution in [0.2, 0.25) is 0 Å². The van der Waals surface area contributed by atoms with E-state index in [1.165, 1.54) is 0 Å². The fourth-order valence-electron chi connectivity index (χ4n) is 1.72. The van der Waals surface area contributed by atoms with Gasteiger partial charge in [0.2, 0.25) is 0 Å². The number of morpholine rings is 1. The van der Waals surface area contributed by atoms with E-state index in [2.05, 4.69) is 19.2 Å². The van der Waals surface area contributed by atoms with Crippen molar-refractivity contribution in [2.75, 3.05) is 19.8 Å². The molecule has 1 rings (SSSR count). The summed E-state index contributed by atoms with van der Waals surface area (Å²) in [6, 6.07) is -0.0568. The van der Waals surface area contributed by atoms with Crippen LogP contribution < -0.4 is 5.32 Å². The third-order valence-electron chi connectivity index (χ3n) is 2.65. The first-order chi connectivity index (χ1) is 6.29. The maximum atomic E-state index is 11.8. The molecule has 0 aliphatic carbocycles. The van der Waals surface area contributed by atoms with Gasteiger partial charge in [0.1, 0.15) is 0 Å². The van der Waals surface area contributed by atoms with Gasteiger partial charge in [-0.1, -0.05) is 13.8 Å². The van der Waals surface area contributed by atoms with E-state index < -0.39 is 0 Å². The van der Waals surface area contributed by atoms with Crippen molar-refractivity contribution in [1.82, 2.24) is 5.32 Å². The third kappa shape index (κ3) is 2.78. The molecule has 13 heavy (non-hydrogen) atoms. The molecule has 0 bridgehead atoms. The third-order valence-corrected chi connectivity index (χ3v) is 2.65. The average molecular weight is 185 g/mol. The molecular formula is C10H19NO2. The van der Waals surface area contributed by atoms with Crippen LogP contribution in [0, 0.1) is 5.92 Å². The van der Waals surface area contributed by atoms with Crippen LogP contribution in [0.15, 0.2) is 0 Å². The number of ether oxygens (including phenoxy) is 1. The Labute approximate surface area is 79.8 Å². The molecule has 3 heteroatoms. The van der Waals surface area contributed by atoms with Crippen LogP contribution in [0.4, 0.5) is 0 Å². The lowest BCUT2D eigenvalue weighted by molar-refractivity contribution is -0.127. The minimum absolute atomic E-state index is 0.0568. The van der Waals surface area contributed by atoms with Crippen LogP contribution in [0.25, 0.3) is 0 Å². The SMILES string of the molecule is CCC(CC)C(=O)C1COCCN1. The zero-order valence-corrected chi connectivity index (χ0v) is 8.51. The molecule has 1 saturated heterocycles. The largest absolute Gasteiger partial charge is 0.378 e. The van der Waals surface area contributed by atoms with Crippen molar-refractivity contribution in [1.29, 1.82) is 0 Å². The smallest absolute Gasteiger partial charge is 0.155 e. The van der Waals surface area contributed by atoms with Crippen molar-refractivity contribution in [3.63, 3.8) is 0 Å². The van der Waals surface area contributed by atoms with Crippen LogP contribution in [0.5, 0.6) is 0 Å². The van der Waals surface area contributed by atoms with Crippen molar-refractivity contribution in [3.05, 3.63) is 0 Å². The summed E-state index contributed by atoms with van der Waals surface area (Å²) < 4.78 is 5.26. The number of nitrogens with one attached hydrogen (secondary N) is 1. The van der Waals surface area contributed by atoms with Crippen molar-refractivity contribution >= 4 is 5.78 Å². The van der Waals surface area contributed by atoms with Gasteiger partial charge in [0, 0.05) is 12.5 Å². The first-order valence-electron chi connectivity index (χ1n) is 5.14. The number of carbonyl (C=O) groups excluding carboxylic acids is 1. The minimum atomic E-state index is -0.0568. The zero-order valence-electron chi connectivity index (χ0n) is 8.51. The summed E-state index contributed by atoms with van der Waals surface area (Å²) in [5.74, 6) is 0.531. The molecule has 0 spiro atoms. The number of carbonyl (C=O) groups is 1. The highest BCUT2D eigenvalue weighted by molar-refractivity contribution is 5.86. The molecule has 1 aliphatic heterocycles. The summed E-state index contributed by atoms with van der Waals surface area (Å²) in [6.07, 6.45) is 1.88. The minimum Gasteiger partial charge on any atom is -0.378 e. The van der Waals surface area contributed by atoms with Crippen molar-refractivity contribution in [3.8, 4) is 0 Å². The van der Waals surface area contributed by atoms with Crippen LogP contribution in [-0.2, 0) is 9.53 Å². The van der Waals surface area contributed by atoms with Crippen molar-refractivity contribution in [2.45, 2.75) is 32.7 Å². The van der Waals surface area contributed by atoms with Gasteiger partial charge in [-0.25, -0.2) is 0 Å². The van der Waals surface area contributed by atoms with Crippen LogP contribution >= 0.6 is 0 Å². The molecule has 1 atom stereocenters. The van der Waals surface area contributed by atoms with Gasteiger partial charge < -0.3 is 10.1 Å². The summed E-state index contributed by atoms with van der Waals surface area (Å²) >= 11 is 0. The summed E-state index contributed by atoms with van der Waals surface area (Å²) in [6.45, 7) is 6.21. The van der Waals surface area contributed by atoms with E-state index >= 15 is 0 Å². The highest BCUT2D eigenvalue weighted by atomic mass is 16.5. The molecule has 0 radical (unpaired) electrons. The molecule has 1 fully saturated rings. The molecule has 1 N–H and O–H groups in total. The molecular weight excluding hydrogens is 166 g/mol. The zero-order chi connectivity index (χ0) is 9.68. The highest BCUT2D eigenvalue weighted by Crippen LogP contribution is 2.12. The lowest BCUT2D eigenvalue weighted by Gasteiger charge is -2.25. The Morgan fingerprint density at radius 2 is 2.23 bits per heavy atom. The first kappa shape index (κ1) is 10.7. The predicted molar refractivity (Wildman–Crippen MR) is 51.7 cm³/mol. The highest BCUT2D eigenvalue weighted by Gasteiger charge is 2.25. The lowest BCUT2D eigenvalue weighted by atomic mass is 9.93. The van der Waals surface area contributed by atoms with E-state index in [-0.39, 0.29) is 12.0 Å². The fraction of sp³-hybridized carbons (Fsp3) is 0.900. The maximum Gasteiger partial charge on any atom is 0.155 e. The monoisotopic (exact) mass is 185 g/mol. The molecule has 3 nitrogen and oxygen atoms in total. The first-order valence-corrected chi connectivity index (χ1v) is 5.14. The molecule has 1 unspecified atom stereocenters. The molecule has 76 valence electrons. The van der Waals surface area contributed by atoms with E-state index in [4.69, 9.17) is 4.74 Å². The Bertz CT molecular complexity index is 160. The van der Waals surface area contributed by atoms with E-state index in [1.54, 1.807) is 0 Å². The van der Waals surface area contributed by atoms with Crippen molar-refractivity contribution < 1.29 is 9.53 Å². The molecule has 0 aromatic rings. The Hall–Kier alpha value is -0.410. The van der Waals surface area contributed by atoms with Gasteiger partial charge in [-0.15, -0.1) is 0 Å². The Morgan fingerprint density at radius 3 is 2.69 bits per heavy atom. The second-order valence-electron chi connectivity index (χ2n) is 3.50. The Morgan fingerprint density at radius 1 is 1.54 bits per heavy atom. The van der Waals surface area contributed by atoms with Gasteiger partial charge in [0.25, 0.3) is 0 Å². The predicted octanol–water partition coefficient (Wildman–Crippen LogP) is 0.980. The molecule has 1 aliphatic rings. The van der Waals surface area contributed by atoms with Crippen LogP contribution in [0.3, 0.4) is 0 Å². The van der Waals surface area contributed by atoms with E-state index in [9.17, 15) is 4.79 Å². The van der Waals surface area contributed by atoms with Crippen LogP contribution in [-0.4, -0.2) is 31.6 Å². The summed E-state index contributed by atoms with van der Waals surface area (Å²) in [7, 11) is 0. The Kier molecular flexibility index (Phi) is 4.39. The number of ketones is 1. The summed E-state index contributed by atoms with van der Waals surface area (Å²) in [5, 5.41) is 3.19. The number of hydrogen-bond acceptors (Lipinski definition) is 3. The fourth-order valence-corrected chi connectivity index (χ4v) is 1.72. The van der Waals surface area contributed by atoms with Gasteiger partial charge >= 0.3 is 0 Å². The van der Waals surface area contributed by atoms with Crippen LogP contribution in [0.1, 0.15) is 26.7 Å². The molecule has 0 aromatic heterocycles. The second-order valence-corrected chi connectivity index (χ2v) is 3.50. The summed E-state index contributed by atoms with van der Waals surface area (Å²) in [5.41, 5.74) is 0. The Balaban J connectivity index is 2.44. The quantitative estimate of drug-likeness (QED) is 0.709. The number of Topliss-reactive ketones (excluding diaryl/α,β-unsaturated/α-hetero) is 1. The molecule has 0 aromatic carbocycles. The van der Waals surface area contributed by atoms with Gasteiger partial charge in [-0.05, 0) is 12.8 Å². The molecule has 0 amide bonds. The van der Waals surface area contributed by atoms with Gasteiger partial charge in [-0.2, -0.15) is 0 Å².